The Balaban J connectivity index is 2.06. The molecule has 0 amide bonds. The maximum absolute atomic E-state index is 13.0. The van der Waals surface area contributed by atoms with Crippen molar-refractivity contribution in [2.24, 2.45) is 11.8 Å². The van der Waals surface area contributed by atoms with Crippen molar-refractivity contribution in [1.29, 1.82) is 0 Å². The average molecular weight is 256 g/mol. The zero-order chi connectivity index (χ0) is 12.4. The van der Waals surface area contributed by atoms with E-state index in [1.165, 1.54) is 25.0 Å². The lowest BCUT2D eigenvalue weighted by molar-refractivity contribution is 0.357. The summed E-state index contributed by atoms with van der Waals surface area (Å²) in [6, 6.07) is 5.09. The van der Waals surface area contributed by atoms with Crippen LogP contribution in [0.25, 0.3) is 0 Å². The Morgan fingerprint density at radius 1 is 1.47 bits per heavy atom. The van der Waals surface area contributed by atoms with E-state index in [1.807, 2.05) is 7.05 Å². The number of hydrogen-bond acceptors (Lipinski definition) is 1. The minimum atomic E-state index is -0.269. The fourth-order valence-corrected chi connectivity index (χ4v) is 2.67. The standard InChI is InChI=1S/C14H19ClFN/c1-9(10-3-4-10)14(17-2)7-11-5-6-12(16)8-13(11)15/h5-6,8-10,14,17H,3-4,7H2,1-2H3. The van der Waals surface area contributed by atoms with Crippen molar-refractivity contribution in [2.75, 3.05) is 7.05 Å². The van der Waals surface area contributed by atoms with Gasteiger partial charge in [-0.25, -0.2) is 4.39 Å². The molecular weight excluding hydrogens is 237 g/mol. The Bertz CT molecular complexity index is 390. The normalized spacial score (nSPS) is 19.1. The summed E-state index contributed by atoms with van der Waals surface area (Å²) in [5, 5.41) is 3.90. The van der Waals surface area contributed by atoms with Crippen molar-refractivity contribution >= 4 is 11.6 Å². The average Bonchev–Trinajstić information content (AvgIpc) is 3.11. The molecule has 94 valence electrons. The molecule has 1 aliphatic rings. The number of halogens is 2. The summed E-state index contributed by atoms with van der Waals surface area (Å²) in [6.07, 6.45) is 3.56. The van der Waals surface area contributed by atoms with Crippen LogP contribution in [0.3, 0.4) is 0 Å². The number of rotatable bonds is 5. The third kappa shape index (κ3) is 3.20. The molecule has 3 heteroatoms. The third-order valence-electron chi connectivity index (χ3n) is 3.83. The Kier molecular flexibility index (Phi) is 4.05. The molecule has 1 nitrogen and oxygen atoms in total. The molecule has 0 aromatic heterocycles. The van der Waals surface area contributed by atoms with E-state index < -0.39 is 0 Å². The molecule has 1 aromatic carbocycles. The SMILES string of the molecule is CNC(Cc1ccc(F)cc1Cl)C(C)C1CC1. The first-order valence-electron chi connectivity index (χ1n) is 6.23. The van der Waals surface area contributed by atoms with E-state index in [2.05, 4.69) is 12.2 Å². The summed E-state index contributed by atoms with van der Waals surface area (Å²) in [5.41, 5.74) is 1.03. The molecule has 0 bridgehead atoms. The largest absolute Gasteiger partial charge is 0.316 e. The first kappa shape index (κ1) is 12.8. The van der Waals surface area contributed by atoms with E-state index in [1.54, 1.807) is 6.07 Å². The van der Waals surface area contributed by atoms with Crippen molar-refractivity contribution in [3.05, 3.63) is 34.6 Å². The van der Waals surface area contributed by atoms with Crippen LogP contribution >= 0.6 is 11.6 Å². The van der Waals surface area contributed by atoms with Gasteiger partial charge >= 0.3 is 0 Å². The van der Waals surface area contributed by atoms with Gasteiger partial charge in [0, 0.05) is 11.1 Å². The first-order valence-corrected chi connectivity index (χ1v) is 6.60. The molecule has 2 rings (SSSR count). The van der Waals surface area contributed by atoms with Crippen LogP contribution < -0.4 is 5.32 Å². The third-order valence-corrected chi connectivity index (χ3v) is 4.18. The quantitative estimate of drug-likeness (QED) is 0.847. The lowest BCUT2D eigenvalue weighted by Crippen LogP contribution is -2.35. The Hall–Kier alpha value is -0.600. The van der Waals surface area contributed by atoms with Crippen molar-refractivity contribution < 1.29 is 4.39 Å². The lowest BCUT2D eigenvalue weighted by atomic mass is 9.91. The van der Waals surface area contributed by atoms with Gasteiger partial charge in [0.1, 0.15) is 5.82 Å². The number of likely N-dealkylation sites (N-methyl/N-ethyl adjacent to an activating group) is 1. The van der Waals surface area contributed by atoms with Gasteiger partial charge in [0.15, 0.2) is 0 Å². The van der Waals surface area contributed by atoms with Crippen LogP contribution in [-0.2, 0) is 6.42 Å². The number of benzene rings is 1. The molecular formula is C14H19ClFN. The molecule has 2 unspecified atom stereocenters. The summed E-state index contributed by atoms with van der Waals surface area (Å²) >= 11 is 6.06. The first-order chi connectivity index (χ1) is 8.11. The van der Waals surface area contributed by atoms with E-state index in [0.29, 0.717) is 17.0 Å². The molecule has 0 heterocycles. The number of nitrogens with one attached hydrogen (secondary N) is 1. The predicted molar refractivity (Wildman–Crippen MR) is 69.8 cm³/mol. The van der Waals surface area contributed by atoms with Gasteiger partial charge in [-0.15, -0.1) is 0 Å². The molecule has 1 saturated carbocycles. The van der Waals surface area contributed by atoms with E-state index in [9.17, 15) is 4.39 Å². The van der Waals surface area contributed by atoms with Crippen molar-refractivity contribution in [2.45, 2.75) is 32.2 Å². The summed E-state index contributed by atoms with van der Waals surface area (Å²) in [5.74, 6) is 1.24. The summed E-state index contributed by atoms with van der Waals surface area (Å²) in [7, 11) is 1.99. The highest BCUT2D eigenvalue weighted by Gasteiger charge is 2.32. The molecule has 1 fully saturated rings. The van der Waals surface area contributed by atoms with Gasteiger partial charge in [0.2, 0.25) is 0 Å². The Labute approximate surface area is 107 Å². The van der Waals surface area contributed by atoms with Crippen LogP contribution in [-0.4, -0.2) is 13.1 Å². The molecule has 0 spiro atoms. The highest BCUT2D eigenvalue weighted by Crippen LogP contribution is 2.39. The molecule has 0 aliphatic heterocycles. The zero-order valence-corrected chi connectivity index (χ0v) is 11.1. The van der Waals surface area contributed by atoms with Crippen LogP contribution in [0, 0.1) is 17.7 Å². The molecule has 17 heavy (non-hydrogen) atoms. The van der Waals surface area contributed by atoms with Gasteiger partial charge in [0.25, 0.3) is 0 Å². The minimum absolute atomic E-state index is 0.269. The van der Waals surface area contributed by atoms with Crippen LogP contribution in [0.5, 0.6) is 0 Å². The Morgan fingerprint density at radius 2 is 2.18 bits per heavy atom. The smallest absolute Gasteiger partial charge is 0.124 e. The second kappa shape index (κ2) is 5.36. The fourth-order valence-electron chi connectivity index (χ4n) is 2.43. The van der Waals surface area contributed by atoms with E-state index in [4.69, 9.17) is 11.6 Å². The fraction of sp³-hybridized carbons (Fsp3) is 0.571. The number of hydrogen-bond donors (Lipinski definition) is 1. The van der Waals surface area contributed by atoms with Gasteiger partial charge in [-0.2, -0.15) is 0 Å². The summed E-state index contributed by atoms with van der Waals surface area (Å²) in [4.78, 5) is 0. The maximum Gasteiger partial charge on any atom is 0.124 e. The van der Waals surface area contributed by atoms with E-state index in [0.717, 1.165) is 17.9 Å². The molecule has 1 aliphatic carbocycles. The molecule has 1 aromatic rings. The van der Waals surface area contributed by atoms with Crippen molar-refractivity contribution in [3.63, 3.8) is 0 Å². The van der Waals surface area contributed by atoms with E-state index >= 15 is 0 Å². The summed E-state index contributed by atoms with van der Waals surface area (Å²) in [6.45, 7) is 2.29. The molecule has 1 N–H and O–H groups in total. The van der Waals surface area contributed by atoms with Crippen LogP contribution in [0.4, 0.5) is 4.39 Å². The minimum Gasteiger partial charge on any atom is -0.316 e. The monoisotopic (exact) mass is 255 g/mol. The second-order valence-electron chi connectivity index (χ2n) is 5.03. The van der Waals surface area contributed by atoms with Gasteiger partial charge in [-0.3, -0.25) is 0 Å². The van der Waals surface area contributed by atoms with Crippen molar-refractivity contribution in [1.82, 2.24) is 5.32 Å². The van der Waals surface area contributed by atoms with Crippen LogP contribution in [0.1, 0.15) is 25.3 Å². The summed E-state index contributed by atoms with van der Waals surface area (Å²) < 4.78 is 13.0. The highest BCUT2D eigenvalue weighted by atomic mass is 35.5. The topological polar surface area (TPSA) is 12.0 Å². The van der Waals surface area contributed by atoms with Gasteiger partial charge < -0.3 is 5.32 Å². The highest BCUT2D eigenvalue weighted by molar-refractivity contribution is 6.31. The van der Waals surface area contributed by atoms with Gasteiger partial charge in [-0.05, 0) is 55.8 Å². The molecule has 0 radical (unpaired) electrons. The van der Waals surface area contributed by atoms with E-state index in [-0.39, 0.29) is 5.82 Å². The van der Waals surface area contributed by atoms with Crippen LogP contribution in [0.15, 0.2) is 18.2 Å². The zero-order valence-electron chi connectivity index (χ0n) is 10.3. The van der Waals surface area contributed by atoms with Gasteiger partial charge in [-0.1, -0.05) is 24.6 Å². The second-order valence-corrected chi connectivity index (χ2v) is 5.44. The predicted octanol–water partition coefficient (Wildman–Crippen LogP) is 3.66. The van der Waals surface area contributed by atoms with Crippen molar-refractivity contribution in [3.8, 4) is 0 Å². The van der Waals surface area contributed by atoms with Gasteiger partial charge in [0.05, 0.1) is 0 Å². The van der Waals surface area contributed by atoms with Crippen LogP contribution in [0.2, 0.25) is 5.02 Å². The molecule has 0 saturated heterocycles. The molecule has 2 atom stereocenters. The maximum atomic E-state index is 13.0. The Morgan fingerprint density at radius 3 is 2.71 bits per heavy atom. The lowest BCUT2D eigenvalue weighted by Gasteiger charge is -2.24.